The summed E-state index contributed by atoms with van der Waals surface area (Å²) in [6.45, 7) is 2.74. The number of ether oxygens (including phenoxy) is 2. The number of tetrazole rings is 1. The molecule has 0 atom stereocenters. The fourth-order valence-corrected chi connectivity index (χ4v) is 3.90. The van der Waals surface area contributed by atoms with Crippen molar-refractivity contribution < 1.29 is 19.1 Å². The van der Waals surface area contributed by atoms with Crippen LogP contribution in [0.4, 0.5) is 5.95 Å². The molecule has 4 rings (SSSR count). The van der Waals surface area contributed by atoms with Gasteiger partial charge in [-0.1, -0.05) is 42.7 Å². The molecular formula is C26H29N7O4. The SMILES string of the molecule is CCCCc1ncc(C(=O)N(Cc2ccc(OC)cc2)c2nn[nH]n2)n1Cc1ccc(C(=O)OC)cc1. The molecule has 0 fully saturated rings. The number of aromatic nitrogens is 6. The number of carbonyl (C=O) groups is 2. The molecule has 37 heavy (non-hydrogen) atoms. The van der Waals surface area contributed by atoms with Crippen molar-refractivity contribution in [3.63, 3.8) is 0 Å². The Hall–Kier alpha value is -4.54. The minimum Gasteiger partial charge on any atom is -0.497 e. The summed E-state index contributed by atoms with van der Waals surface area (Å²) in [4.78, 5) is 31.8. The number of benzene rings is 2. The lowest BCUT2D eigenvalue weighted by Gasteiger charge is -2.20. The lowest BCUT2D eigenvalue weighted by molar-refractivity contribution is 0.0600. The first kappa shape index (κ1) is 25.5. The molecule has 2 aromatic carbocycles. The second kappa shape index (κ2) is 11.9. The van der Waals surface area contributed by atoms with Crippen molar-refractivity contribution in [1.29, 1.82) is 0 Å². The van der Waals surface area contributed by atoms with Crippen LogP contribution in [0.2, 0.25) is 0 Å². The smallest absolute Gasteiger partial charge is 0.337 e. The Morgan fingerprint density at radius 3 is 2.38 bits per heavy atom. The molecule has 1 N–H and O–H groups in total. The average molecular weight is 504 g/mol. The fraction of sp³-hybridized carbons (Fsp3) is 0.308. The molecule has 0 aliphatic heterocycles. The summed E-state index contributed by atoms with van der Waals surface area (Å²) in [5, 5.41) is 14.2. The maximum atomic E-state index is 13.9. The van der Waals surface area contributed by atoms with Crippen molar-refractivity contribution in [2.45, 2.75) is 39.3 Å². The van der Waals surface area contributed by atoms with Crippen molar-refractivity contribution in [2.75, 3.05) is 19.1 Å². The number of aromatic amines is 1. The van der Waals surface area contributed by atoms with Crippen LogP contribution in [-0.4, -0.2) is 56.3 Å². The largest absolute Gasteiger partial charge is 0.497 e. The number of rotatable bonds is 11. The molecular weight excluding hydrogens is 474 g/mol. The van der Waals surface area contributed by atoms with Gasteiger partial charge in [0.1, 0.15) is 17.3 Å². The Bertz CT molecular complexity index is 1320. The number of hydrogen-bond acceptors (Lipinski definition) is 8. The monoisotopic (exact) mass is 503 g/mol. The van der Waals surface area contributed by atoms with Crippen molar-refractivity contribution >= 4 is 17.8 Å². The number of H-pyrrole nitrogens is 1. The molecule has 0 aliphatic carbocycles. The third-order valence-electron chi connectivity index (χ3n) is 5.95. The molecule has 11 heteroatoms. The van der Waals surface area contributed by atoms with E-state index in [1.165, 1.54) is 12.0 Å². The average Bonchev–Trinajstić information content (AvgIpc) is 3.61. The van der Waals surface area contributed by atoms with Gasteiger partial charge >= 0.3 is 5.97 Å². The summed E-state index contributed by atoms with van der Waals surface area (Å²) < 4.78 is 11.9. The van der Waals surface area contributed by atoms with Gasteiger partial charge in [-0.15, -0.1) is 5.10 Å². The van der Waals surface area contributed by atoms with E-state index in [0.29, 0.717) is 17.8 Å². The van der Waals surface area contributed by atoms with Crippen molar-refractivity contribution in [1.82, 2.24) is 30.2 Å². The molecule has 192 valence electrons. The number of imidazole rings is 1. The number of esters is 1. The number of carbonyl (C=O) groups excluding carboxylic acids is 2. The summed E-state index contributed by atoms with van der Waals surface area (Å²) >= 11 is 0. The topological polar surface area (TPSA) is 128 Å². The quantitative estimate of drug-likeness (QED) is 0.308. The van der Waals surface area contributed by atoms with Gasteiger partial charge in [-0.3, -0.25) is 9.69 Å². The molecule has 0 radical (unpaired) electrons. The Morgan fingerprint density at radius 1 is 1.03 bits per heavy atom. The molecule has 2 aromatic heterocycles. The van der Waals surface area contributed by atoms with Crippen LogP contribution in [-0.2, 0) is 24.2 Å². The first-order valence-corrected chi connectivity index (χ1v) is 11.9. The number of anilines is 1. The van der Waals surface area contributed by atoms with Crippen LogP contribution in [0.15, 0.2) is 54.7 Å². The Kier molecular flexibility index (Phi) is 8.24. The zero-order chi connectivity index (χ0) is 26.2. The number of amides is 1. The highest BCUT2D eigenvalue weighted by Crippen LogP contribution is 2.20. The molecule has 0 bridgehead atoms. The van der Waals surface area contributed by atoms with Crippen molar-refractivity contribution in [2.24, 2.45) is 0 Å². The number of aryl methyl sites for hydroxylation is 1. The molecule has 0 saturated heterocycles. The summed E-state index contributed by atoms with van der Waals surface area (Å²) in [6.07, 6.45) is 4.25. The second-order valence-corrected chi connectivity index (χ2v) is 8.39. The fourth-order valence-electron chi connectivity index (χ4n) is 3.90. The van der Waals surface area contributed by atoms with E-state index in [0.717, 1.165) is 42.0 Å². The highest BCUT2D eigenvalue weighted by atomic mass is 16.5. The van der Waals surface area contributed by atoms with Crippen LogP contribution in [0.1, 0.15) is 57.6 Å². The van der Waals surface area contributed by atoms with E-state index in [2.05, 4.69) is 32.5 Å². The molecule has 0 saturated carbocycles. The summed E-state index contributed by atoms with van der Waals surface area (Å²) in [5.41, 5.74) is 2.65. The summed E-state index contributed by atoms with van der Waals surface area (Å²) in [5.74, 6) is 0.977. The van der Waals surface area contributed by atoms with E-state index in [1.54, 1.807) is 25.4 Å². The maximum absolute atomic E-state index is 13.9. The van der Waals surface area contributed by atoms with E-state index >= 15 is 0 Å². The van der Waals surface area contributed by atoms with Gasteiger partial charge in [0, 0.05) is 13.0 Å². The Labute approximate surface area is 214 Å². The van der Waals surface area contributed by atoms with E-state index in [-0.39, 0.29) is 18.4 Å². The van der Waals surface area contributed by atoms with E-state index in [4.69, 9.17) is 9.47 Å². The summed E-state index contributed by atoms with van der Waals surface area (Å²) in [7, 11) is 2.95. The first-order chi connectivity index (χ1) is 18.0. The van der Waals surface area contributed by atoms with Gasteiger partial charge in [0.15, 0.2) is 0 Å². The zero-order valence-electron chi connectivity index (χ0n) is 21.0. The molecule has 11 nitrogen and oxygen atoms in total. The van der Waals surface area contributed by atoms with E-state index in [9.17, 15) is 9.59 Å². The van der Waals surface area contributed by atoms with Crippen molar-refractivity contribution in [3.8, 4) is 5.75 Å². The minimum atomic E-state index is -0.400. The predicted molar refractivity (Wildman–Crippen MR) is 135 cm³/mol. The summed E-state index contributed by atoms with van der Waals surface area (Å²) in [6, 6.07) is 14.5. The molecule has 2 heterocycles. The zero-order valence-corrected chi connectivity index (χ0v) is 21.0. The minimum absolute atomic E-state index is 0.158. The van der Waals surface area contributed by atoms with Crippen LogP contribution >= 0.6 is 0 Å². The predicted octanol–water partition coefficient (Wildman–Crippen LogP) is 3.43. The van der Waals surface area contributed by atoms with Gasteiger partial charge in [-0.25, -0.2) is 9.78 Å². The van der Waals surface area contributed by atoms with Gasteiger partial charge in [-0.05, 0) is 47.0 Å². The standard InChI is InChI=1S/C26H29N7O4/c1-4-5-6-23-27-15-22(32(23)16-18-7-11-20(12-8-18)25(35)37-3)24(34)33(26-28-30-31-29-26)17-19-9-13-21(36-2)14-10-19/h7-15H,4-6,16-17H2,1-3H3,(H,28,29,30,31). The first-order valence-electron chi connectivity index (χ1n) is 11.9. The Balaban J connectivity index is 1.66. The van der Waals surface area contributed by atoms with Gasteiger partial charge in [-0.2, -0.15) is 5.21 Å². The third-order valence-corrected chi connectivity index (χ3v) is 5.95. The number of nitrogens with one attached hydrogen (secondary N) is 1. The van der Waals surface area contributed by atoms with Gasteiger partial charge < -0.3 is 14.0 Å². The number of unbranched alkanes of at least 4 members (excludes halogenated alkanes) is 1. The normalized spacial score (nSPS) is 10.8. The number of hydrogen-bond donors (Lipinski definition) is 1. The highest BCUT2D eigenvalue weighted by molar-refractivity contribution is 6.03. The second-order valence-electron chi connectivity index (χ2n) is 8.39. The van der Waals surface area contributed by atoms with Crippen LogP contribution in [0.3, 0.4) is 0 Å². The lowest BCUT2D eigenvalue weighted by atomic mass is 10.1. The molecule has 0 unspecified atom stereocenters. The number of nitrogens with zero attached hydrogens (tertiary/aromatic N) is 6. The molecule has 1 amide bonds. The molecule has 0 spiro atoms. The van der Waals surface area contributed by atoms with Gasteiger partial charge in [0.2, 0.25) is 0 Å². The van der Waals surface area contributed by atoms with Crippen molar-refractivity contribution in [3.05, 3.63) is 82.9 Å². The Morgan fingerprint density at radius 2 is 1.76 bits per heavy atom. The maximum Gasteiger partial charge on any atom is 0.337 e. The third kappa shape index (κ3) is 6.00. The van der Waals surface area contributed by atoms with Crippen LogP contribution in [0.25, 0.3) is 0 Å². The van der Waals surface area contributed by atoms with E-state index < -0.39 is 5.97 Å². The number of methoxy groups -OCH3 is 2. The molecule has 0 aliphatic rings. The highest BCUT2D eigenvalue weighted by Gasteiger charge is 2.26. The van der Waals surface area contributed by atoms with E-state index in [1.807, 2.05) is 41.0 Å². The lowest BCUT2D eigenvalue weighted by Crippen LogP contribution is -2.33. The van der Waals surface area contributed by atoms with Gasteiger partial charge in [0.25, 0.3) is 11.9 Å². The van der Waals surface area contributed by atoms with Gasteiger partial charge in [0.05, 0.1) is 32.5 Å². The van der Waals surface area contributed by atoms with Crippen LogP contribution in [0, 0.1) is 0 Å². The van der Waals surface area contributed by atoms with Crippen LogP contribution < -0.4 is 9.64 Å². The molecule has 4 aromatic rings. The van der Waals surface area contributed by atoms with Crippen LogP contribution in [0.5, 0.6) is 5.75 Å².